The van der Waals surface area contributed by atoms with Gasteiger partial charge in [0.2, 0.25) is 0 Å². The molecular weight excluding hydrogens is 292 g/mol. The lowest BCUT2D eigenvalue weighted by molar-refractivity contribution is -0.255. The lowest BCUT2D eigenvalue weighted by Gasteiger charge is -2.10. The molecule has 2 aromatic carbocycles. The molecule has 0 radical (unpaired) electrons. The Bertz CT molecular complexity index is 896. The molecule has 1 amide bonds. The van der Waals surface area contributed by atoms with Crippen molar-refractivity contribution in [3.63, 3.8) is 0 Å². The van der Waals surface area contributed by atoms with Gasteiger partial charge in [0.15, 0.2) is 0 Å². The van der Waals surface area contributed by atoms with Crippen LogP contribution in [0.25, 0.3) is 10.9 Å². The van der Waals surface area contributed by atoms with Crippen LogP contribution in [0.15, 0.2) is 48.5 Å². The van der Waals surface area contributed by atoms with Crippen molar-refractivity contribution in [3.8, 4) is 0 Å². The number of fused-ring (bicyclic) bond motifs is 1. The van der Waals surface area contributed by atoms with Crippen molar-refractivity contribution in [2.24, 2.45) is 0 Å². The van der Waals surface area contributed by atoms with E-state index in [2.05, 4.69) is 10.3 Å². The average molecular weight is 307 g/mol. The van der Waals surface area contributed by atoms with Crippen LogP contribution in [-0.2, 0) is 6.54 Å². The topological polar surface area (TPSA) is 85.0 Å². The number of carbonyl (C=O) groups is 2. The zero-order valence-corrected chi connectivity index (χ0v) is 12.6. The number of aromatic amines is 1. The normalized spacial score (nSPS) is 10.7. The molecule has 0 saturated carbocycles. The summed E-state index contributed by atoms with van der Waals surface area (Å²) < 4.78 is 0. The number of aryl methyl sites for hydroxylation is 1. The van der Waals surface area contributed by atoms with Gasteiger partial charge >= 0.3 is 0 Å². The number of aromatic nitrogens is 1. The second-order valence-corrected chi connectivity index (χ2v) is 5.39. The third-order valence-corrected chi connectivity index (χ3v) is 3.66. The maximum atomic E-state index is 12.2. The van der Waals surface area contributed by atoms with Gasteiger partial charge in [0.25, 0.3) is 5.91 Å². The van der Waals surface area contributed by atoms with Crippen LogP contribution < -0.4 is 10.4 Å². The summed E-state index contributed by atoms with van der Waals surface area (Å²) in [5.41, 5.74) is 3.05. The monoisotopic (exact) mass is 307 g/mol. The average Bonchev–Trinajstić information content (AvgIpc) is 2.91. The summed E-state index contributed by atoms with van der Waals surface area (Å²) in [6.07, 6.45) is 0. The van der Waals surface area contributed by atoms with Gasteiger partial charge in [-0.1, -0.05) is 24.3 Å². The number of benzene rings is 2. The molecule has 0 fully saturated rings. The van der Waals surface area contributed by atoms with Gasteiger partial charge in [-0.25, -0.2) is 0 Å². The van der Waals surface area contributed by atoms with Gasteiger partial charge in [0, 0.05) is 28.9 Å². The molecule has 23 heavy (non-hydrogen) atoms. The third kappa shape index (κ3) is 3.08. The first-order chi connectivity index (χ1) is 11.0. The number of carboxylic acids is 1. The van der Waals surface area contributed by atoms with Crippen molar-refractivity contribution in [2.45, 2.75) is 13.5 Å². The maximum absolute atomic E-state index is 12.2. The summed E-state index contributed by atoms with van der Waals surface area (Å²) >= 11 is 0. The molecule has 116 valence electrons. The van der Waals surface area contributed by atoms with E-state index in [4.69, 9.17) is 0 Å². The Kier molecular flexibility index (Phi) is 3.85. The lowest BCUT2D eigenvalue weighted by atomic mass is 10.1. The van der Waals surface area contributed by atoms with Gasteiger partial charge in [-0.3, -0.25) is 4.79 Å². The molecule has 1 heterocycles. The predicted molar refractivity (Wildman–Crippen MR) is 85.0 cm³/mol. The number of hydrogen-bond donors (Lipinski definition) is 2. The molecule has 0 aliphatic carbocycles. The van der Waals surface area contributed by atoms with Gasteiger partial charge in [0.1, 0.15) is 0 Å². The Morgan fingerprint density at radius 1 is 1.09 bits per heavy atom. The first-order valence-electron chi connectivity index (χ1n) is 7.21. The van der Waals surface area contributed by atoms with E-state index in [-0.39, 0.29) is 11.1 Å². The summed E-state index contributed by atoms with van der Waals surface area (Å²) in [5, 5.41) is 14.9. The zero-order chi connectivity index (χ0) is 16.4. The molecule has 5 heteroatoms. The molecule has 0 aliphatic heterocycles. The summed E-state index contributed by atoms with van der Waals surface area (Å²) in [6, 6.07) is 13.9. The molecule has 0 spiro atoms. The quantitative estimate of drug-likeness (QED) is 0.770. The van der Waals surface area contributed by atoms with Crippen molar-refractivity contribution in [1.29, 1.82) is 0 Å². The largest absolute Gasteiger partial charge is 0.545 e. The van der Waals surface area contributed by atoms with E-state index in [1.165, 1.54) is 12.1 Å². The molecule has 1 aromatic heterocycles. The first kappa shape index (κ1) is 14.8. The molecular formula is C18H15N2O3-. The van der Waals surface area contributed by atoms with Crippen LogP contribution in [0.1, 0.15) is 32.0 Å². The van der Waals surface area contributed by atoms with Crippen molar-refractivity contribution in [1.82, 2.24) is 10.3 Å². The molecule has 2 N–H and O–H groups in total. The van der Waals surface area contributed by atoms with Crippen LogP contribution in [0.5, 0.6) is 0 Å². The molecule has 0 atom stereocenters. The second kappa shape index (κ2) is 5.96. The number of H-pyrrole nitrogens is 1. The molecule has 3 rings (SSSR count). The van der Waals surface area contributed by atoms with Gasteiger partial charge in [-0.2, -0.15) is 0 Å². The predicted octanol–water partition coefficient (Wildman–Crippen LogP) is 1.77. The molecule has 0 unspecified atom stereocenters. The van der Waals surface area contributed by atoms with E-state index in [0.717, 1.165) is 22.2 Å². The smallest absolute Gasteiger partial charge is 0.252 e. The number of hydrogen-bond acceptors (Lipinski definition) is 3. The summed E-state index contributed by atoms with van der Waals surface area (Å²) in [5.74, 6) is -1.80. The SMILES string of the molecule is Cc1cc2cc(CNC(=O)c3ccccc3C(=O)[O-])ccc2[nH]1. The molecule has 5 nitrogen and oxygen atoms in total. The highest BCUT2D eigenvalue weighted by molar-refractivity contribution is 6.04. The van der Waals surface area contributed by atoms with Crippen LogP contribution in [0, 0.1) is 6.92 Å². The third-order valence-electron chi connectivity index (χ3n) is 3.66. The van der Waals surface area contributed by atoms with Crippen LogP contribution in [0.3, 0.4) is 0 Å². The molecule has 0 bridgehead atoms. The van der Waals surface area contributed by atoms with E-state index in [1.807, 2.05) is 31.2 Å². The molecule has 3 aromatic rings. The van der Waals surface area contributed by atoms with Crippen molar-refractivity contribution < 1.29 is 14.7 Å². The van der Waals surface area contributed by atoms with E-state index < -0.39 is 11.9 Å². The Balaban J connectivity index is 1.76. The fraction of sp³-hybridized carbons (Fsp3) is 0.111. The Hall–Kier alpha value is -3.08. The van der Waals surface area contributed by atoms with Crippen molar-refractivity contribution in [2.75, 3.05) is 0 Å². The number of nitrogens with one attached hydrogen (secondary N) is 2. The van der Waals surface area contributed by atoms with Gasteiger partial charge < -0.3 is 20.2 Å². The first-order valence-corrected chi connectivity index (χ1v) is 7.21. The summed E-state index contributed by atoms with van der Waals surface area (Å²) in [4.78, 5) is 26.5. The maximum Gasteiger partial charge on any atom is 0.252 e. The summed E-state index contributed by atoms with van der Waals surface area (Å²) in [7, 11) is 0. The fourth-order valence-corrected chi connectivity index (χ4v) is 2.57. The van der Waals surface area contributed by atoms with E-state index >= 15 is 0 Å². The number of carboxylic acid groups (broad SMARTS) is 1. The number of rotatable bonds is 4. The fourth-order valence-electron chi connectivity index (χ4n) is 2.57. The number of amides is 1. The van der Waals surface area contributed by atoms with Gasteiger partial charge in [0.05, 0.1) is 5.97 Å². The van der Waals surface area contributed by atoms with E-state index in [9.17, 15) is 14.7 Å². The number of aromatic carboxylic acids is 1. The van der Waals surface area contributed by atoms with Crippen LogP contribution in [0.4, 0.5) is 0 Å². The standard InChI is InChI=1S/C18H16N2O3/c1-11-8-13-9-12(6-7-16(13)20-11)10-19-17(21)14-4-2-3-5-15(14)18(22)23/h2-9,20H,10H2,1H3,(H,19,21)(H,22,23)/p-1. The Labute approximate surface area is 133 Å². The highest BCUT2D eigenvalue weighted by Crippen LogP contribution is 2.17. The van der Waals surface area contributed by atoms with Crippen molar-refractivity contribution >= 4 is 22.8 Å². The Morgan fingerprint density at radius 2 is 1.83 bits per heavy atom. The summed E-state index contributed by atoms with van der Waals surface area (Å²) in [6.45, 7) is 2.30. The van der Waals surface area contributed by atoms with Gasteiger partial charge in [-0.15, -0.1) is 0 Å². The minimum Gasteiger partial charge on any atom is -0.545 e. The second-order valence-electron chi connectivity index (χ2n) is 5.39. The highest BCUT2D eigenvalue weighted by Gasteiger charge is 2.11. The van der Waals surface area contributed by atoms with Gasteiger partial charge in [-0.05, 0) is 42.1 Å². The number of carbonyl (C=O) groups excluding carboxylic acids is 2. The lowest BCUT2D eigenvalue weighted by Crippen LogP contribution is -2.29. The minimum atomic E-state index is -1.36. The molecule has 0 saturated heterocycles. The van der Waals surface area contributed by atoms with Crippen molar-refractivity contribution in [3.05, 3.63) is 70.9 Å². The van der Waals surface area contributed by atoms with E-state index in [1.54, 1.807) is 12.1 Å². The van der Waals surface area contributed by atoms with Crippen LogP contribution >= 0.6 is 0 Å². The van der Waals surface area contributed by atoms with E-state index in [0.29, 0.717) is 6.54 Å². The molecule has 0 aliphatic rings. The minimum absolute atomic E-state index is 0.103. The van der Waals surface area contributed by atoms with Crippen LogP contribution in [-0.4, -0.2) is 16.9 Å². The van der Waals surface area contributed by atoms with Crippen LogP contribution in [0.2, 0.25) is 0 Å². The Morgan fingerprint density at radius 3 is 2.57 bits per heavy atom. The zero-order valence-electron chi connectivity index (χ0n) is 12.6. The highest BCUT2D eigenvalue weighted by atomic mass is 16.4.